The van der Waals surface area contributed by atoms with Gasteiger partial charge < -0.3 is 10.2 Å². The van der Waals surface area contributed by atoms with Crippen molar-refractivity contribution in [3.05, 3.63) is 71.1 Å². The third-order valence-electron chi connectivity index (χ3n) is 5.98. The summed E-state index contributed by atoms with van der Waals surface area (Å²) in [5.74, 6) is 0.742. The minimum atomic E-state index is -4.44. The zero-order chi connectivity index (χ0) is 24.3. The lowest BCUT2D eigenvalue weighted by Gasteiger charge is -2.40. The van der Waals surface area contributed by atoms with E-state index in [0.717, 1.165) is 25.1 Å². The van der Waals surface area contributed by atoms with Crippen LogP contribution in [0.5, 0.6) is 0 Å². The molecule has 0 unspecified atom stereocenters. The number of aromatic nitrogens is 3. The second-order valence-electron chi connectivity index (χ2n) is 8.26. The molecule has 2 atom stereocenters. The van der Waals surface area contributed by atoms with Crippen molar-refractivity contribution in [2.75, 3.05) is 18.4 Å². The van der Waals surface area contributed by atoms with Crippen molar-refractivity contribution < 1.29 is 18.0 Å². The predicted octanol–water partition coefficient (Wildman–Crippen LogP) is 5.56. The van der Waals surface area contributed by atoms with E-state index in [1.165, 1.54) is 6.07 Å². The van der Waals surface area contributed by atoms with E-state index in [-0.39, 0.29) is 17.9 Å². The highest BCUT2D eigenvalue weighted by Gasteiger charge is 2.34. The van der Waals surface area contributed by atoms with Crippen LogP contribution in [-0.4, -0.2) is 44.9 Å². The highest BCUT2D eigenvalue weighted by Crippen LogP contribution is 2.31. The molecule has 0 aliphatic carbocycles. The van der Waals surface area contributed by atoms with Crippen LogP contribution in [0.15, 0.2) is 55.0 Å². The number of hydrogen-bond donors (Lipinski definition) is 1. The highest BCUT2D eigenvalue weighted by molar-refractivity contribution is 6.31. The monoisotopic (exact) mass is 489 g/mol. The third-order valence-corrected chi connectivity index (χ3v) is 6.21. The first-order valence-corrected chi connectivity index (χ1v) is 11.3. The molecule has 0 radical (unpaired) electrons. The van der Waals surface area contributed by atoms with Gasteiger partial charge in [-0.05, 0) is 55.2 Å². The van der Waals surface area contributed by atoms with Crippen molar-refractivity contribution in [1.82, 2.24) is 19.9 Å². The fourth-order valence-electron chi connectivity index (χ4n) is 4.17. The summed E-state index contributed by atoms with van der Waals surface area (Å²) in [4.78, 5) is 27.9. The van der Waals surface area contributed by atoms with E-state index in [4.69, 9.17) is 11.6 Å². The number of nitrogens with zero attached hydrogens (tertiary/aromatic N) is 4. The van der Waals surface area contributed by atoms with E-state index in [9.17, 15) is 18.0 Å². The fraction of sp³-hybridized carbons (Fsp3) is 0.333. The molecule has 3 heterocycles. The standard InChI is InChI=1S/C24H23ClF3N5O/c1-15-4-2-11-33(20(15)14-32-21-8-5-16(13-31-21)24(26,27)28)23(34)18-7-6-17(25)12-19(18)22-29-9-3-10-30-22/h3,5-10,12-13,15,20H,2,4,11,14H2,1H3,(H,31,32)/t15-,20-/m1/s1. The Morgan fingerprint density at radius 2 is 1.94 bits per heavy atom. The average Bonchev–Trinajstić information content (AvgIpc) is 2.83. The normalized spacial score (nSPS) is 18.6. The lowest BCUT2D eigenvalue weighted by atomic mass is 9.89. The summed E-state index contributed by atoms with van der Waals surface area (Å²) in [6, 6.07) is 8.82. The lowest BCUT2D eigenvalue weighted by Crippen LogP contribution is -2.51. The van der Waals surface area contributed by atoms with Gasteiger partial charge >= 0.3 is 6.18 Å². The second kappa shape index (κ2) is 9.97. The van der Waals surface area contributed by atoms with Gasteiger partial charge in [-0.15, -0.1) is 0 Å². The number of nitrogens with one attached hydrogen (secondary N) is 1. The Labute approximate surface area is 200 Å². The molecular weight excluding hydrogens is 467 g/mol. The molecule has 34 heavy (non-hydrogen) atoms. The Hall–Kier alpha value is -3.20. The van der Waals surface area contributed by atoms with Gasteiger partial charge in [0.2, 0.25) is 0 Å². The number of pyridine rings is 1. The van der Waals surface area contributed by atoms with E-state index in [2.05, 4.69) is 27.2 Å². The number of alkyl halides is 3. The van der Waals surface area contributed by atoms with Crippen molar-refractivity contribution in [1.29, 1.82) is 0 Å². The smallest absolute Gasteiger partial charge is 0.368 e. The van der Waals surface area contributed by atoms with Crippen LogP contribution in [0.2, 0.25) is 5.02 Å². The zero-order valence-corrected chi connectivity index (χ0v) is 19.1. The minimum Gasteiger partial charge on any atom is -0.368 e. The van der Waals surface area contributed by atoms with Crippen LogP contribution in [0.25, 0.3) is 11.4 Å². The van der Waals surface area contributed by atoms with E-state index < -0.39 is 11.7 Å². The van der Waals surface area contributed by atoms with Crippen LogP contribution in [0.3, 0.4) is 0 Å². The van der Waals surface area contributed by atoms with Crippen LogP contribution < -0.4 is 5.32 Å². The first-order valence-electron chi connectivity index (χ1n) is 10.9. The second-order valence-corrected chi connectivity index (χ2v) is 8.69. The number of carbonyl (C=O) groups excluding carboxylic acids is 1. The first kappa shape index (κ1) is 23.9. The van der Waals surface area contributed by atoms with Crippen molar-refractivity contribution in [2.45, 2.75) is 32.0 Å². The SMILES string of the molecule is C[C@@H]1CCCN(C(=O)c2ccc(Cl)cc2-c2ncccn2)[C@@H]1CNc1ccc(C(F)(F)F)cn1. The molecule has 1 aliphatic heterocycles. The predicted molar refractivity (Wildman–Crippen MR) is 123 cm³/mol. The molecule has 1 N–H and O–H groups in total. The number of benzene rings is 1. The number of anilines is 1. The van der Waals surface area contributed by atoms with Gasteiger partial charge in [-0.1, -0.05) is 18.5 Å². The molecule has 0 saturated carbocycles. The molecule has 1 saturated heterocycles. The van der Waals surface area contributed by atoms with Gasteiger partial charge in [-0.25, -0.2) is 15.0 Å². The van der Waals surface area contributed by atoms with Crippen LogP contribution in [0, 0.1) is 5.92 Å². The Morgan fingerprint density at radius 1 is 1.18 bits per heavy atom. The summed E-state index contributed by atoms with van der Waals surface area (Å²) in [6.07, 6.45) is 1.35. The summed E-state index contributed by atoms with van der Waals surface area (Å²) in [7, 11) is 0. The summed E-state index contributed by atoms with van der Waals surface area (Å²) < 4.78 is 38.4. The molecule has 0 bridgehead atoms. The summed E-state index contributed by atoms with van der Waals surface area (Å²) in [5, 5.41) is 3.57. The van der Waals surface area contributed by atoms with E-state index in [1.54, 1.807) is 41.6 Å². The molecule has 4 rings (SSSR count). The summed E-state index contributed by atoms with van der Waals surface area (Å²) in [6.45, 7) is 2.98. The minimum absolute atomic E-state index is 0.169. The number of rotatable bonds is 5. The van der Waals surface area contributed by atoms with E-state index in [0.29, 0.717) is 40.9 Å². The molecule has 0 spiro atoms. The Bertz CT molecular complexity index is 1140. The van der Waals surface area contributed by atoms with Gasteiger partial charge in [0.25, 0.3) is 5.91 Å². The summed E-state index contributed by atoms with van der Waals surface area (Å²) in [5.41, 5.74) is 0.189. The third kappa shape index (κ3) is 5.30. The van der Waals surface area contributed by atoms with Crippen molar-refractivity contribution in [3.63, 3.8) is 0 Å². The van der Waals surface area contributed by atoms with Crippen LogP contribution in [-0.2, 0) is 6.18 Å². The summed E-state index contributed by atoms with van der Waals surface area (Å²) >= 11 is 6.20. The van der Waals surface area contributed by atoms with Gasteiger partial charge in [0.15, 0.2) is 5.82 Å². The molecule has 1 aliphatic rings. The highest BCUT2D eigenvalue weighted by atomic mass is 35.5. The van der Waals surface area contributed by atoms with Gasteiger partial charge in [0, 0.05) is 42.3 Å². The molecule has 1 amide bonds. The van der Waals surface area contributed by atoms with Gasteiger partial charge in [-0.3, -0.25) is 4.79 Å². The number of halogens is 4. The topological polar surface area (TPSA) is 71.0 Å². The van der Waals surface area contributed by atoms with Gasteiger partial charge in [-0.2, -0.15) is 13.2 Å². The zero-order valence-electron chi connectivity index (χ0n) is 18.4. The Morgan fingerprint density at radius 3 is 2.62 bits per heavy atom. The molecular formula is C24H23ClF3N5O. The molecule has 1 aromatic carbocycles. The molecule has 10 heteroatoms. The van der Waals surface area contributed by atoms with E-state index in [1.807, 2.05) is 0 Å². The lowest BCUT2D eigenvalue weighted by molar-refractivity contribution is -0.137. The maximum atomic E-state index is 13.7. The van der Waals surface area contributed by atoms with Crippen LogP contribution in [0.4, 0.5) is 19.0 Å². The maximum Gasteiger partial charge on any atom is 0.417 e. The quantitative estimate of drug-likeness (QED) is 0.508. The molecule has 2 aromatic heterocycles. The van der Waals surface area contributed by atoms with Crippen LogP contribution >= 0.6 is 11.6 Å². The number of likely N-dealkylation sites (tertiary alicyclic amines) is 1. The molecule has 178 valence electrons. The Kier molecular flexibility index (Phi) is 7.02. The maximum absolute atomic E-state index is 13.7. The number of carbonyl (C=O) groups is 1. The van der Waals surface area contributed by atoms with Crippen molar-refractivity contribution in [3.8, 4) is 11.4 Å². The molecule has 1 fully saturated rings. The number of hydrogen-bond acceptors (Lipinski definition) is 5. The Balaban J connectivity index is 1.56. The molecule has 3 aromatic rings. The van der Waals surface area contributed by atoms with Crippen molar-refractivity contribution >= 4 is 23.3 Å². The number of amides is 1. The van der Waals surface area contributed by atoms with Crippen LogP contribution in [0.1, 0.15) is 35.7 Å². The fourth-order valence-corrected chi connectivity index (χ4v) is 4.34. The average molecular weight is 490 g/mol. The molecule has 6 nitrogen and oxygen atoms in total. The van der Waals surface area contributed by atoms with Gasteiger partial charge in [0.1, 0.15) is 5.82 Å². The number of piperidine rings is 1. The largest absolute Gasteiger partial charge is 0.417 e. The van der Waals surface area contributed by atoms with E-state index >= 15 is 0 Å². The first-order chi connectivity index (χ1) is 16.2. The van der Waals surface area contributed by atoms with Gasteiger partial charge in [0.05, 0.1) is 17.2 Å². The van der Waals surface area contributed by atoms with Crippen molar-refractivity contribution in [2.24, 2.45) is 5.92 Å².